The quantitative estimate of drug-likeness (QED) is 0.372. The summed E-state index contributed by atoms with van der Waals surface area (Å²) in [5.74, 6) is 1.50. The summed E-state index contributed by atoms with van der Waals surface area (Å²) in [4.78, 5) is 18.3. The van der Waals surface area contributed by atoms with Gasteiger partial charge in [0, 0.05) is 50.5 Å². The van der Waals surface area contributed by atoms with Crippen molar-refractivity contribution in [1.29, 1.82) is 0 Å². The number of aryl methyl sites for hydroxylation is 2. The molecule has 0 unspecified atom stereocenters. The van der Waals surface area contributed by atoms with Crippen LogP contribution in [0, 0.1) is 19.3 Å². The molecule has 1 aliphatic carbocycles. The maximum atomic E-state index is 13.5. The molecule has 1 spiro atoms. The van der Waals surface area contributed by atoms with E-state index in [1.165, 1.54) is 18.5 Å². The Hall–Kier alpha value is -3.44. The van der Waals surface area contributed by atoms with Crippen molar-refractivity contribution in [3.8, 4) is 11.8 Å². The van der Waals surface area contributed by atoms with Crippen LogP contribution in [0.15, 0.2) is 53.8 Å². The monoisotopic (exact) mass is 606 g/mol. The molecule has 4 heterocycles. The lowest BCUT2D eigenvalue weighted by Gasteiger charge is -2.47. The summed E-state index contributed by atoms with van der Waals surface area (Å²) >= 11 is 0. The third-order valence-electron chi connectivity index (χ3n) is 9.70. The molecule has 11 heteroatoms. The number of rotatable bonds is 9. The molecule has 6 rings (SSSR count). The van der Waals surface area contributed by atoms with Crippen molar-refractivity contribution in [3.63, 3.8) is 0 Å². The molecule has 3 fully saturated rings. The third-order valence-corrected chi connectivity index (χ3v) is 11.6. The average Bonchev–Trinajstić information content (AvgIpc) is 2.99. The predicted octanol–water partition coefficient (Wildman–Crippen LogP) is 4.66. The van der Waals surface area contributed by atoms with Crippen LogP contribution in [-0.2, 0) is 10.0 Å². The zero-order chi connectivity index (χ0) is 30.1. The highest BCUT2D eigenvalue weighted by molar-refractivity contribution is 7.89. The number of anilines is 2. The van der Waals surface area contributed by atoms with Crippen molar-refractivity contribution in [1.82, 2.24) is 19.7 Å². The minimum atomic E-state index is -3.77. The van der Waals surface area contributed by atoms with E-state index in [0.29, 0.717) is 40.0 Å². The van der Waals surface area contributed by atoms with E-state index in [1.807, 2.05) is 18.5 Å². The Morgan fingerprint density at radius 1 is 0.884 bits per heavy atom. The summed E-state index contributed by atoms with van der Waals surface area (Å²) in [7, 11) is -2.19. The Labute approximate surface area is 254 Å². The molecule has 0 bridgehead atoms. The molecular formula is C32H42N6O4S. The molecule has 10 nitrogen and oxygen atoms in total. The van der Waals surface area contributed by atoms with Gasteiger partial charge in [0.15, 0.2) is 0 Å². The minimum Gasteiger partial charge on any atom is -0.497 e. The topological polar surface area (TPSA) is 110 Å². The van der Waals surface area contributed by atoms with Gasteiger partial charge in [-0.3, -0.25) is 4.98 Å². The van der Waals surface area contributed by atoms with Gasteiger partial charge in [-0.25, -0.2) is 18.1 Å². The zero-order valence-electron chi connectivity index (χ0n) is 25.4. The Balaban J connectivity index is 1.06. The van der Waals surface area contributed by atoms with Gasteiger partial charge in [0.05, 0.1) is 17.5 Å². The van der Waals surface area contributed by atoms with Crippen LogP contribution in [0.25, 0.3) is 0 Å². The number of sulfonamides is 1. The maximum absolute atomic E-state index is 13.5. The molecule has 230 valence electrons. The number of hydrogen-bond acceptors (Lipinski definition) is 9. The molecule has 1 saturated carbocycles. The van der Waals surface area contributed by atoms with Crippen molar-refractivity contribution in [2.24, 2.45) is 5.41 Å². The number of piperidine rings is 2. The van der Waals surface area contributed by atoms with Gasteiger partial charge in [-0.2, -0.15) is 4.98 Å². The summed E-state index contributed by atoms with van der Waals surface area (Å²) < 4.78 is 41.4. The number of benzene rings is 1. The Bertz CT molecular complexity index is 1510. The van der Waals surface area contributed by atoms with Crippen LogP contribution in [0.1, 0.15) is 56.1 Å². The van der Waals surface area contributed by atoms with Gasteiger partial charge in [0.25, 0.3) is 0 Å². The number of ether oxygens (including phenoxy) is 2. The summed E-state index contributed by atoms with van der Waals surface area (Å²) in [5.41, 5.74) is 2.27. The van der Waals surface area contributed by atoms with Gasteiger partial charge >= 0.3 is 6.01 Å². The SMILES string of the molecule is COc1cc(C)c(S(=O)(=O)NC2(COc3nccc(N4CCC5(CCN(c6ccncc6)CC5)CC4)n3)CCC2)c(C)c1. The molecule has 43 heavy (non-hydrogen) atoms. The van der Waals surface area contributed by atoms with Crippen molar-refractivity contribution in [2.75, 3.05) is 49.7 Å². The van der Waals surface area contributed by atoms with Crippen LogP contribution in [0.4, 0.5) is 11.5 Å². The van der Waals surface area contributed by atoms with Crippen LogP contribution in [0.2, 0.25) is 0 Å². The van der Waals surface area contributed by atoms with Gasteiger partial charge in [-0.1, -0.05) is 0 Å². The minimum absolute atomic E-state index is 0.182. The molecule has 0 atom stereocenters. The number of aromatic nitrogens is 3. The summed E-state index contributed by atoms with van der Waals surface area (Å²) in [5, 5.41) is 0. The first-order chi connectivity index (χ1) is 20.7. The van der Waals surface area contributed by atoms with E-state index in [0.717, 1.165) is 51.3 Å². The van der Waals surface area contributed by atoms with Crippen LogP contribution in [0.5, 0.6) is 11.8 Å². The molecule has 0 radical (unpaired) electrons. The number of pyridine rings is 1. The summed E-state index contributed by atoms with van der Waals surface area (Å²) in [6, 6.07) is 9.91. The normalized spacial score (nSPS) is 19.6. The fourth-order valence-corrected chi connectivity index (χ4v) is 8.85. The standard InChI is InChI=1S/C32H42N6O4S/c1-24-21-27(41-3)22-25(2)29(24)43(39,40)36-32(8-4-9-32)23-42-30-34-16-7-28(35-30)38-19-12-31(13-20-38)10-17-37(18-11-31)26-5-14-33-15-6-26/h5-7,14-16,21-22,36H,4,8-13,17-20,23H2,1-3H3. The molecule has 1 aromatic carbocycles. The molecule has 1 N–H and O–H groups in total. The number of hydrogen-bond donors (Lipinski definition) is 1. The van der Waals surface area contributed by atoms with Crippen molar-refractivity contribution in [3.05, 3.63) is 60.0 Å². The lowest BCUT2D eigenvalue weighted by atomic mass is 9.71. The van der Waals surface area contributed by atoms with E-state index in [9.17, 15) is 8.42 Å². The molecule has 2 aliphatic heterocycles. The highest BCUT2D eigenvalue weighted by Crippen LogP contribution is 2.43. The highest BCUT2D eigenvalue weighted by Gasteiger charge is 2.43. The van der Waals surface area contributed by atoms with Gasteiger partial charge in [0.1, 0.15) is 18.2 Å². The first-order valence-corrected chi connectivity index (χ1v) is 16.7. The molecule has 0 amide bonds. The van der Waals surface area contributed by atoms with E-state index in [4.69, 9.17) is 14.5 Å². The second-order valence-electron chi connectivity index (χ2n) is 12.5. The zero-order valence-corrected chi connectivity index (χ0v) is 26.2. The summed E-state index contributed by atoms with van der Waals surface area (Å²) in [6.07, 6.45) is 12.5. The van der Waals surface area contributed by atoms with Crippen molar-refractivity contribution < 1.29 is 17.9 Å². The van der Waals surface area contributed by atoms with Gasteiger partial charge in [0.2, 0.25) is 10.0 Å². The second-order valence-corrected chi connectivity index (χ2v) is 14.1. The lowest BCUT2D eigenvalue weighted by molar-refractivity contribution is 0.118. The van der Waals surface area contributed by atoms with Crippen LogP contribution < -0.4 is 24.0 Å². The predicted molar refractivity (Wildman–Crippen MR) is 166 cm³/mol. The Morgan fingerprint density at radius 2 is 1.51 bits per heavy atom. The highest BCUT2D eigenvalue weighted by atomic mass is 32.2. The lowest BCUT2D eigenvalue weighted by Crippen LogP contribution is -2.57. The maximum Gasteiger partial charge on any atom is 0.318 e. The third kappa shape index (κ3) is 6.28. The first kappa shape index (κ1) is 29.6. The average molecular weight is 607 g/mol. The molecule has 2 aromatic heterocycles. The van der Waals surface area contributed by atoms with E-state index in [-0.39, 0.29) is 12.6 Å². The fraction of sp³-hybridized carbons (Fsp3) is 0.531. The van der Waals surface area contributed by atoms with Crippen LogP contribution in [-0.4, -0.2) is 68.8 Å². The van der Waals surface area contributed by atoms with E-state index in [1.54, 1.807) is 39.3 Å². The molecule has 3 aliphatic rings. The van der Waals surface area contributed by atoms with Gasteiger partial charge < -0.3 is 19.3 Å². The number of nitrogens with zero attached hydrogens (tertiary/aromatic N) is 5. The first-order valence-electron chi connectivity index (χ1n) is 15.2. The van der Waals surface area contributed by atoms with E-state index in [2.05, 4.69) is 36.6 Å². The van der Waals surface area contributed by atoms with E-state index < -0.39 is 15.6 Å². The molecule has 2 saturated heterocycles. The van der Waals surface area contributed by atoms with E-state index >= 15 is 0 Å². The van der Waals surface area contributed by atoms with Crippen molar-refractivity contribution >= 4 is 21.5 Å². The van der Waals surface area contributed by atoms with Gasteiger partial charge in [-0.15, -0.1) is 0 Å². The molecule has 3 aromatic rings. The Morgan fingerprint density at radius 3 is 2.09 bits per heavy atom. The van der Waals surface area contributed by atoms with Gasteiger partial charge in [-0.05, 0) is 106 Å². The fourth-order valence-electron chi connectivity index (χ4n) is 6.95. The number of methoxy groups -OCH3 is 1. The molecular weight excluding hydrogens is 564 g/mol. The second kappa shape index (κ2) is 11.9. The van der Waals surface area contributed by atoms with Crippen molar-refractivity contribution in [2.45, 2.75) is 69.2 Å². The van der Waals surface area contributed by atoms with Crippen LogP contribution >= 0.6 is 0 Å². The number of nitrogens with one attached hydrogen (secondary N) is 1. The smallest absolute Gasteiger partial charge is 0.318 e. The van der Waals surface area contributed by atoms with Crippen LogP contribution in [0.3, 0.4) is 0 Å². The largest absolute Gasteiger partial charge is 0.497 e. The Kier molecular flexibility index (Phi) is 8.21. The summed E-state index contributed by atoms with van der Waals surface area (Å²) in [6.45, 7) is 7.84.